The Balaban J connectivity index is 1.70. The van der Waals surface area contributed by atoms with Gasteiger partial charge in [0, 0.05) is 23.2 Å². The van der Waals surface area contributed by atoms with Gasteiger partial charge in [-0.25, -0.2) is 0 Å². The van der Waals surface area contributed by atoms with Crippen molar-refractivity contribution in [3.8, 4) is 0 Å². The number of rotatable bonds is 6. The molecule has 0 aliphatic carbocycles. The van der Waals surface area contributed by atoms with E-state index in [1.165, 1.54) is 50.2 Å². The fourth-order valence-corrected chi connectivity index (χ4v) is 3.22. The molecule has 0 aromatic carbocycles. The summed E-state index contributed by atoms with van der Waals surface area (Å²) in [6.07, 6.45) is 7.20. The molecule has 1 N–H and O–H groups in total. The fraction of sp³-hybridized carbons (Fsp3) is 0.786. The van der Waals surface area contributed by atoms with Gasteiger partial charge in [-0.3, -0.25) is 4.98 Å². The summed E-state index contributed by atoms with van der Waals surface area (Å²) in [6, 6.07) is 1.13. The number of piperidine rings is 1. The molecule has 1 fully saturated rings. The number of unbranched alkanes of at least 4 members (excludes halogenated alkanes) is 1. The summed E-state index contributed by atoms with van der Waals surface area (Å²) in [6.45, 7) is 8.32. The zero-order chi connectivity index (χ0) is 12.8. The van der Waals surface area contributed by atoms with Crippen LogP contribution in [0.15, 0.2) is 11.7 Å². The summed E-state index contributed by atoms with van der Waals surface area (Å²) in [5, 5.41) is 3.74. The highest BCUT2D eigenvalue weighted by Gasteiger charge is 2.20. The van der Waals surface area contributed by atoms with Crippen LogP contribution in [0, 0.1) is 0 Å². The number of thiazole rings is 1. The van der Waals surface area contributed by atoms with E-state index in [2.05, 4.69) is 29.0 Å². The van der Waals surface area contributed by atoms with Gasteiger partial charge >= 0.3 is 0 Å². The second-order valence-electron chi connectivity index (χ2n) is 5.26. The van der Waals surface area contributed by atoms with Crippen LogP contribution in [-0.4, -0.2) is 35.6 Å². The Labute approximate surface area is 115 Å². The van der Waals surface area contributed by atoms with E-state index < -0.39 is 0 Å². The molecule has 1 aromatic rings. The SMILES string of the molecule is CCCCN1CCC(NC(C)c2cncs2)CC1. The Morgan fingerprint density at radius 2 is 2.28 bits per heavy atom. The second-order valence-corrected chi connectivity index (χ2v) is 6.18. The minimum absolute atomic E-state index is 0.449. The minimum atomic E-state index is 0.449. The average molecular weight is 267 g/mol. The van der Waals surface area contributed by atoms with Gasteiger partial charge in [0.1, 0.15) is 0 Å². The van der Waals surface area contributed by atoms with E-state index in [-0.39, 0.29) is 0 Å². The van der Waals surface area contributed by atoms with Crippen molar-refractivity contribution < 1.29 is 0 Å². The molecule has 0 saturated carbocycles. The lowest BCUT2D eigenvalue weighted by molar-refractivity contribution is 0.190. The van der Waals surface area contributed by atoms with E-state index in [1.54, 1.807) is 11.3 Å². The summed E-state index contributed by atoms with van der Waals surface area (Å²) >= 11 is 1.75. The predicted molar refractivity (Wildman–Crippen MR) is 78.0 cm³/mol. The Kier molecular flexibility index (Phi) is 5.60. The molecule has 0 radical (unpaired) electrons. The maximum Gasteiger partial charge on any atom is 0.0794 e. The first kappa shape index (κ1) is 14.0. The van der Waals surface area contributed by atoms with E-state index in [0.717, 1.165) is 0 Å². The summed E-state index contributed by atoms with van der Waals surface area (Å²) in [5.74, 6) is 0. The third-order valence-electron chi connectivity index (χ3n) is 3.78. The van der Waals surface area contributed by atoms with Gasteiger partial charge in [0.25, 0.3) is 0 Å². The van der Waals surface area contributed by atoms with Crippen molar-refractivity contribution in [3.05, 3.63) is 16.6 Å². The van der Waals surface area contributed by atoms with Crippen molar-refractivity contribution in [2.75, 3.05) is 19.6 Å². The highest BCUT2D eigenvalue weighted by molar-refractivity contribution is 7.09. The largest absolute Gasteiger partial charge is 0.307 e. The highest BCUT2D eigenvalue weighted by atomic mass is 32.1. The maximum absolute atomic E-state index is 4.15. The van der Waals surface area contributed by atoms with Crippen LogP contribution in [0.1, 0.15) is 50.4 Å². The maximum atomic E-state index is 4.15. The molecule has 4 heteroatoms. The van der Waals surface area contributed by atoms with E-state index in [4.69, 9.17) is 0 Å². The molecular formula is C14H25N3S. The lowest BCUT2D eigenvalue weighted by Gasteiger charge is -2.33. The van der Waals surface area contributed by atoms with E-state index >= 15 is 0 Å². The van der Waals surface area contributed by atoms with Crippen molar-refractivity contribution in [2.24, 2.45) is 0 Å². The Morgan fingerprint density at radius 1 is 1.50 bits per heavy atom. The van der Waals surface area contributed by atoms with Gasteiger partial charge in [-0.1, -0.05) is 13.3 Å². The zero-order valence-corrected chi connectivity index (χ0v) is 12.4. The number of hydrogen-bond acceptors (Lipinski definition) is 4. The van der Waals surface area contributed by atoms with E-state index in [1.807, 2.05) is 11.7 Å². The first-order valence-corrected chi connectivity index (χ1v) is 8.04. The van der Waals surface area contributed by atoms with Crippen molar-refractivity contribution in [1.29, 1.82) is 0 Å². The second kappa shape index (κ2) is 7.22. The average Bonchev–Trinajstić information content (AvgIpc) is 2.92. The molecule has 0 bridgehead atoms. The van der Waals surface area contributed by atoms with Gasteiger partial charge in [-0.15, -0.1) is 11.3 Å². The topological polar surface area (TPSA) is 28.2 Å². The Hall–Kier alpha value is -0.450. The van der Waals surface area contributed by atoms with Crippen LogP contribution in [-0.2, 0) is 0 Å². The van der Waals surface area contributed by atoms with Crippen LogP contribution in [0.2, 0.25) is 0 Å². The molecular weight excluding hydrogens is 242 g/mol. The number of nitrogens with one attached hydrogen (secondary N) is 1. The van der Waals surface area contributed by atoms with E-state index in [9.17, 15) is 0 Å². The van der Waals surface area contributed by atoms with Crippen molar-refractivity contribution in [3.63, 3.8) is 0 Å². The molecule has 1 atom stereocenters. The smallest absolute Gasteiger partial charge is 0.0794 e. The van der Waals surface area contributed by atoms with Crippen LogP contribution in [0.3, 0.4) is 0 Å². The number of nitrogens with zero attached hydrogens (tertiary/aromatic N) is 2. The normalized spacial score (nSPS) is 20.1. The third-order valence-corrected chi connectivity index (χ3v) is 4.74. The van der Waals surface area contributed by atoms with Crippen molar-refractivity contribution in [2.45, 2.75) is 51.6 Å². The van der Waals surface area contributed by atoms with Crippen LogP contribution in [0.4, 0.5) is 0 Å². The first-order valence-electron chi connectivity index (χ1n) is 7.16. The lowest BCUT2D eigenvalue weighted by atomic mass is 10.0. The summed E-state index contributed by atoms with van der Waals surface area (Å²) < 4.78 is 0. The van der Waals surface area contributed by atoms with Gasteiger partial charge in [-0.05, 0) is 45.8 Å². The highest BCUT2D eigenvalue weighted by Crippen LogP contribution is 2.20. The number of likely N-dealkylation sites (tertiary alicyclic amines) is 1. The van der Waals surface area contributed by atoms with Crippen molar-refractivity contribution >= 4 is 11.3 Å². The monoisotopic (exact) mass is 267 g/mol. The fourth-order valence-electron chi connectivity index (χ4n) is 2.58. The molecule has 3 nitrogen and oxygen atoms in total. The van der Waals surface area contributed by atoms with Crippen molar-refractivity contribution in [1.82, 2.24) is 15.2 Å². The minimum Gasteiger partial charge on any atom is -0.307 e. The zero-order valence-electron chi connectivity index (χ0n) is 11.6. The molecule has 1 aliphatic rings. The molecule has 2 rings (SSSR count). The standard InChI is InChI=1S/C14H25N3S/c1-3-4-7-17-8-5-13(6-9-17)16-12(2)14-10-15-11-18-14/h10-13,16H,3-9H2,1-2H3. The lowest BCUT2D eigenvalue weighted by Crippen LogP contribution is -2.43. The van der Waals surface area contributed by atoms with Gasteiger partial charge < -0.3 is 10.2 Å². The predicted octanol–water partition coefficient (Wildman–Crippen LogP) is 3.06. The molecule has 1 aromatic heterocycles. The first-order chi connectivity index (χ1) is 8.79. The molecule has 1 aliphatic heterocycles. The van der Waals surface area contributed by atoms with Gasteiger partial charge in [0.2, 0.25) is 0 Å². The summed E-state index contributed by atoms with van der Waals surface area (Å²) in [5.41, 5.74) is 1.92. The number of aromatic nitrogens is 1. The van der Waals surface area contributed by atoms with Gasteiger partial charge in [0.05, 0.1) is 5.51 Å². The summed E-state index contributed by atoms with van der Waals surface area (Å²) in [4.78, 5) is 8.11. The Bertz CT molecular complexity index is 318. The third kappa shape index (κ3) is 4.04. The van der Waals surface area contributed by atoms with Gasteiger partial charge in [-0.2, -0.15) is 0 Å². The molecule has 18 heavy (non-hydrogen) atoms. The van der Waals surface area contributed by atoms with Crippen LogP contribution < -0.4 is 5.32 Å². The molecule has 1 saturated heterocycles. The quantitative estimate of drug-likeness (QED) is 0.858. The van der Waals surface area contributed by atoms with Crippen LogP contribution >= 0.6 is 11.3 Å². The number of hydrogen-bond donors (Lipinski definition) is 1. The van der Waals surface area contributed by atoms with E-state index in [0.29, 0.717) is 12.1 Å². The molecule has 2 heterocycles. The Morgan fingerprint density at radius 3 is 2.89 bits per heavy atom. The molecule has 102 valence electrons. The van der Waals surface area contributed by atoms with Crippen LogP contribution in [0.5, 0.6) is 0 Å². The molecule has 1 unspecified atom stereocenters. The summed E-state index contributed by atoms with van der Waals surface area (Å²) in [7, 11) is 0. The molecule has 0 spiro atoms. The molecule has 0 amide bonds. The van der Waals surface area contributed by atoms with Gasteiger partial charge in [0.15, 0.2) is 0 Å². The van der Waals surface area contributed by atoms with Crippen LogP contribution in [0.25, 0.3) is 0 Å².